The summed E-state index contributed by atoms with van der Waals surface area (Å²) in [6, 6.07) is 26.8. The predicted molar refractivity (Wildman–Crippen MR) is 164 cm³/mol. The minimum Gasteiger partial charge on any atom is -0.0805 e. The number of hydrogen-bond donors (Lipinski definition) is 0. The second-order valence-electron chi connectivity index (χ2n) is 11.6. The monoisotopic (exact) mass is 504 g/mol. The average molecular weight is 505 g/mol. The summed E-state index contributed by atoms with van der Waals surface area (Å²) in [6.45, 7) is 13.0. The Labute approximate surface area is 220 Å². The second kappa shape index (κ2) is 9.99. The lowest BCUT2D eigenvalue weighted by Gasteiger charge is -2.43. The molecule has 0 heterocycles. The van der Waals surface area contributed by atoms with E-state index in [4.69, 9.17) is 0 Å². The van der Waals surface area contributed by atoms with Gasteiger partial charge in [-0.3, -0.25) is 0 Å². The van der Waals surface area contributed by atoms with Crippen molar-refractivity contribution in [2.45, 2.75) is 64.3 Å². The van der Waals surface area contributed by atoms with Crippen molar-refractivity contribution >= 4 is 20.4 Å². The normalized spacial score (nSPS) is 17.2. The number of rotatable bonds is 8. The molecule has 0 bridgehead atoms. The van der Waals surface area contributed by atoms with Gasteiger partial charge in [0.2, 0.25) is 0 Å². The van der Waals surface area contributed by atoms with Gasteiger partial charge in [-0.1, -0.05) is 147 Å². The summed E-state index contributed by atoms with van der Waals surface area (Å²) in [5, 5.41) is 1.71. The van der Waals surface area contributed by atoms with E-state index in [0.717, 1.165) is 6.42 Å². The standard InChI is InChI=1S/C34H40Si2/c1-6-7-14-26-21-22-28(25-26)35(2,3)36(4,5)34-24-23-32-31(19-13-20-33(32)34)30-18-12-11-17-29(30)27-15-9-8-10-16-27/h8-13,15-22,24-25,28H,6-7,14,23H2,1-5H3. The van der Waals surface area contributed by atoms with Crippen molar-refractivity contribution in [3.63, 3.8) is 0 Å². The molecule has 2 heteroatoms. The molecule has 0 nitrogen and oxygen atoms in total. The molecule has 0 aromatic heterocycles. The van der Waals surface area contributed by atoms with Crippen LogP contribution in [0.5, 0.6) is 0 Å². The van der Waals surface area contributed by atoms with Crippen LogP contribution in [0.15, 0.2) is 103 Å². The molecule has 0 amide bonds. The Kier molecular flexibility index (Phi) is 6.93. The molecular weight excluding hydrogens is 465 g/mol. The molecule has 0 radical (unpaired) electrons. The first-order valence-electron chi connectivity index (χ1n) is 13.7. The van der Waals surface area contributed by atoms with Crippen LogP contribution in [-0.4, -0.2) is 15.2 Å². The van der Waals surface area contributed by atoms with Gasteiger partial charge in [-0.2, -0.15) is 0 Å². The van der Waals surface area contributed by atoms with Crippen LogP contribution in [0.1, 0.15) is 37.3 Å². The first kappa shape index (κ1) is 25.0. The number of hydrogen-bond acceptors (Lipinski definition) is 0. The lowest BCUT2D eigenvalue weighted by atomic mass is 9.90. The summed E-state index contributed by atoms with van der Waals surface area (Å²) in [5.74, 6) is 0. The van der Waals surface area contributed by atoms with Crippen molar-refractivity contribution < 1.29 is 0 Å². The fourth-order valence-corrected chi connectivity index (χ4v) is 16.2. The van der Waals surface area contributed by atoms with E-state index in [1.54, 1.807) is 10.8 Å². The summed E-state index contributed by atoms with van der Waals surface area (Å²) >= 11 is 0. The van der Waals surface area contributed by atoms with E-state index in [1.807, 2.05) is 0 Å². The number of benzene rings is 3. The number of unbranched alkanes of at least 4 members (excludes halogenated alkanes) is 1. The van der Waals surface area contributed by atoms with Crippen LogP contribution < -0.4 is 0 Å². The van der Waals surface area contributed by atoms with Crippen molar-refractivity contribution in [3.05, 3.63) is 114 Å². The van der Waals surface area contributed by atoms with Crippen molar-refractivity contribution in [2.75, 3.05) is 0 Å². The van der Waals surface area contributed by atoms with Crippen LogP contribution in [0, 0.1) is 0 Å². The van der Waals surface area contributed by atoms with E-state index < -0.39 is 15.2 Å². The Balaban J connectivity index is 1.51. The maximum atomic E-state index is 2.67. The summed E-state index contributed by atoms with van der Waals surface area (Å²) in [6.07, 6.45) is 15.1. The molecule has 0 spiro atoms. The summed E-state index contributed by atoms with van der Waals surface area (Å²) in [7, 11) is -3.24. The van der Waals surface area contributed by atoms with Gasteiger partial charge >= 0.3 is 0 Å². The molecule has 3 aromatic carbocycles. The summed E-state index contributed by atoms with van der Waals surface area (Å²) in [4.78, 5) is 0. The highest BCUT2D eigenvalue weighted by molar-refractivity contribution is 7.48. The quantitative estimate of drug-likeness (QED) is 0.268. The zero-order valence-corrected chi connectivity index (χ0v) is 24.6. The maximum Gasteiger partial charge on any atom is 0.0752 e. The largest absolute Gasteiger partial charge is 0.0805 e. The molecular formula is C34H40Si2. The van der Waals surface area contributed by atoms with Crippen molar-refractivity contribution in [3.8, 4) is 22.3 Å². The molecule has 0 N–H and O–H groups in total. The third kappa shape index (κ3) is 4.35. The second-order valence-corrected chi connectivity index (χ2v) is 27.2. The van der Waals surface area contributed by atoms with Crippen LogP contribution in [0.25, 0.3) is 27.5 Å². The van der Waals surface area contributed by atoms with Gasteiger partial charge in [0.15, 0.2) is 0 Å². The zero-order valence-electron chi connectivity index (χ0n) is 22.6. The van der Waals surface area contributed by atoms with Gasteiger partial charge in [-0.15, -0.1) is 0 Å². The van der Waals surface area contributed by atoms with E-state index in [-0.39, 0.29) is 0 Å². The van der Waals surface area contributed by atoms with Crippen molar-refractivity contribution in [1.82, 2.24) is 0 Å². The van der Waals surface area contributed by atoms with Gasteiger partial charge < -0.3 is 0 Å². The Morgan fingerprint density at radius 2 is 1.42 bits per heavy atom. The van der Waals surface area contributed by atoms with Crippen molar-refractivity contribution in [1.29, 1.82) is 0 Å². The van der Waals surface area contributed by atoms with Crippen LogP contribution in [0.3, 0.4) is 0 Å². The maximum absolute atomic E-state index is 2.67. The lowest BCUT2D eigenvalue weighted by molar-refractivity contribution is 0.798. The lowest BCUT2D eigenvalue weighted by Crippen LogP contribution is -2.57. The van der Waals surface area contributed by atoms with Crippen LogP contribution in [-0.2, 0) is 6.42 Å². The zero-order chi connectivity index (χ0) is 25.3. The molecule has 184 valence electrons. The first-order valence-corrected chi connectivity index (χ1v) is 20.8. The Hall–Kier alpha value is -2.69. The Morgan fingerprint density at radius 3 is 2.17 bits per heavy atom. The molecule has 36 heavy (non-hydrogen) atoms. The molecule has 1 unspecified atom stereocenters. The van der Waals surface area contributed by atoms with Crippen LogP contribution in [0.4, 0.5) is 0 Å². The topological polar surface area (TPSA) is 0 Å². The predicted octanol–water partition coefficient (Wildman–Crippen LogP) is 10.1. The van der Waals surface area contributed by atoms with Gasteiger partial charge in [-0.05, 0) is 58.2 Å². The first-order chi connectivity index (χ1) is 17.3. The molecule has 2 aliphatic carbocycles. The molecule has 0 saturated heterocycles. The summed E-state index contributed by atoms with van der Waals surface area (Å²) in [5.41, 5.74) is 10.7. The Bertz CT molecular complexity index is 1340. The third-order valence-electron chi connectivity index (χ3n) is 9.13. The van der Waals surface area contributed by atoms with Gasteiger partial charge in [0.05, 0.1) is 15.2 Å². The third-order valence-corrected chi connectivity index (χ3v) is 27.7. The fraction of sp³-hybridized carbons (Fsp3) is 0.294. The molecule has 3 aromatic rings. The van der Waals surface area contributed by atoms with E-state index in [1.165, 1.54) is 52.6 Å². The molecule has 0 aliphatic heterocycles. The van der Waals surface area contributed by atoms with E-state index in [0.29, 0.717) is 5.54 Å². The van der Waals surface area contributed by atoms with E-state index >= 15 is 0 Å². The SMILES string of the molecule is CCCCC1=CC([Si](C)(C)[Si](C)(C)C2=CCc3c2cccc3-c2ccccc2-c2ccccc2)C=C1. The van der Waals surface area contributed by atoms with E-state index in [9.17, 15) is 0 Å². The van der Waals surface area contributed by atoms with Gasteiger partial charge in [-0.25, -0.2) is 0 Å². The van der Waals surface area contributed by atoms with E-state index in [2.05, 4.69) is 130 Å². The average Bonchev–Trinajstić information content (AvgIpc) is 3.56. The Morgan fingerprint density at radius 1 is 0.750 bits per heavy atom. The number of fused-ring (bicyclic) bond motifs is 1. The molecule has 1 atom stereocenters. The smallest absolute Gasteiger partial charge is 0.0752 e. The number of allylic oxidation sites excluding steroid dienone is 5. The van der Waals surface area contributed by atoms with Gasteiger partial charge in [0.25, 0.3) is 0 Å². The molecule has 2 aliphatic rings. The minimum atomic E-state index is -1.67. The highest BCUT2D eigenvalue weighted by atomic mass is 29.3. The molecule has 0 fully saturated rings. The highest BCUT2D eigenvalue weighted by Crippen LogP contribution is 2.47. The van der Waals surface area contributed by atoms with Gasteiger partial charge in [0, 0.05) is 0 Å². The molecule has 5 rings (SSSR count). The van der Waals surface area contributed by atoms with Gasteiger partial charge in [0.1, 0.15) is 0 Å². The molecule has 0 saturated carbocycles. The highest BCUT2D eigenvalue weighted by Gasteiger charge is 2.49. The minimum absolute atomic E-state index is 0.665. The fourth-order valence-electron chi connectivity index (χ4n) is 6.13. The van der Waals surface area contributed by atoms with Crippen LogP contribution >= 0.6 is 0 Å². The van der Waals surface area contributed by atoms with Crippen LogP contribution in [0.2, 0.25) is 31.7 Å². The van der Waals surface area contributed by atoms with Crippen molar-refractivity contribution in [2.24, 2.45) is 0 Å². The summed E-state index contributed by atoms with van der Waals surface area (Å²) < 4.78 is 0.